The largest absolute Gasteiger partial charge is 0.390 e. The average molecular weight is 1200 g/mol. The third-order valence-corrected chi connectivity index (χ3v) is 15.8. The zero-order valence-electron chi connectivity index (χ0n) is 55.8. The molecule has 23 heteroatoms. The van der Waals surface area contributed by atoms with Gasteiger partial charge >= 0.3 is 0 Å². The van der Waals surface area contributed by atoms with Crippen LogP contribution in [0.3, 0.4) is 0 Å². The van der Waals surface area contributed by atoms with E-state index in [0.717, 1.165) is 9.80 Å². The van der Waals surface area contributed by atoms with E-state index in [1.165, 1.54) is 75.7 Å². The molecule has 6 N–H and O–H groups in total. The third-order valence-electron chi connectivity index (χ3n) is 15.8. The maximum Gasteiger partial charge on any atom is 0.246 e. The van der Waals surface area contributed by atoms with Crippen LogP contribution in [0.4, 0.5) is 0 Å². The maximum absolute atomic E-state index is 15.2. The molecule has 0 spiro atoms. The van der Waals surface area contributed by atoms with Crippen LogP contribution in [0.15, 0.2) is 12.2 Å². The van der Waals surface area contributed by atoms with Crippen molar-refractivity contribution in [3.05, 3.63) is 12.2 Å². The molecule has 1 heterocycles. The van der Waals surface area contributed by atoms with Crippen molar-refractivity contribution >= 4 is 65.0 Å². The number of rotatable bonds is 16. The molecule has 1 aliphatic rings. The van der Waals surface area contributed by atoms with Crippen molar-refractivity contribution in [2.24, 2.45) is 41.4 Å². The van der Waals surface area contributed by atoms with Crippen LogP contribution >= 0.6 is 0 Å². The van der Waals surface area contributed by atoms with Crippen LogP contribution in [0.1, 0.15) is 163 Å². The number of carbonyl (C=O) groups is 11. The number of likely N-dealkylation sites (N-methyl/N-ethyl adjacent to an activating group) is 6. The second-order valence-electron chi connectivity index (χ2n) is 26.1. The monoisotopic (exact) mass is 1200 g/mol. The molecule has 0 aromatic heterocycles. The van der Waals surface area contributed by atoms with E-state index in [4.69, 9.17) is 0 Å². The Morgan fingerprint density at radius 2 is 0.929 bits per heavy atom. The summed E-state index contributed by atoms with van der Waals surface area (Å²) in [5, 5.41) is 25.8. The summed E-state index contributed by atoms with van der Waals surface area (Å²) in [6.07, 6.45) is 3.48. The van der Waals surface area contributed by atoms with Gasteiger partial charge in [0.1, 0.15) is 60.4 Å². The number of aliphatic hydroxyl groups excluding tert-OH is 1. The van der Waals surface area contributed by atoms with Gasteiger partial charge in [-0.05, 0) is 101 Å². The first-order chi connectivity index (χ1) is 39.3. The number of hydrogen-bond acceptors (Lipinski definition) is 12. The molecule has 12 atom stereocenters. The molecule has 0 aromatic carbocycles. The molecule has 0 aromatic rings. The highest BCUT2D eigenvalue weighted by atomic mass is 16.3. The lowest BCUT2D eigenvalue weighted by Gasteiger charge is -2.41. The fraction of sp³-hybridized carbons (Fsp3) is 0.790. The molecular weight excluding hydrogens is 1090 g/mol. The van der Waals surface area contributed by atoms with E-state index in [1.807, 2.05) is 61.5 Å². The summed E-state index contributed by atoms with van der Waals surface area (Å²) >= 11 is 0. The zero-order valence-corrected chi connectivity index (χ0v) is 55.8. The molecule has 486 valence electrons. The van der Waals surface area contributed by atoms with Gasteiger partial charge in [0.25, 0.3) is 0 Å². The van der Waals surface area contributed by atoms with E-state index in [2.05, 4.69) is 26.6 Å². The minimum absolute atomic E-state index is 0.0919. The molecule has 85 heavy (non-hydrogen) atoms. The van der Waals surface area contributed by atoms with Crippen molar-refractivity contribution in [3.63, 3.8) is 0 Å². The van der Waals surface area contributed by atoms with Gasteiger partial charge in [-0.25, -0.2) is 0 Å². The molecule has 0 bridgehead atoms. The van der Waals surface area contributed by atoms with Gasteiger partial charge < -0.3 is 61.1 Å². The lowest BCUT2D eigenvalue weighted by molar-refractivity contribution is -0.157. The van der Waals surface area contributed by atoms with Gasteiger partial charge in [0.15, 0.2) is 0 Å². The van der Waals surface area contributed by atoms with Gasteiger partial charge in [0.2, 0.25) is 65.0 Å². The van der Waals surface area contributed by atoms with Crippen molar-refractivity contribution in [3.8, 4) is 0 Å². The smallest absolute Gasteiger partial charge is 0.246 e. The summed E-state index contributed by atoms with van der Waals surface area (Å²) in [6, 6.07) is -12.4. The fourth-order valence-electron chi connectivity index (χ4n) is 10.6. The second kappa shape index (κ2) is 35.5. The number of carbonyl (C=O) groups excluding carboxylic acids is 11. The highest BCUT2D eigenvalue weighted by Gasteiger charge is 2.45. The lowest BCUT2D eigenvalue weighted by atomic mass is 9.91. The van der Waals surface area contributed by atoms with Crippen molar-refractivity contribution in [1.29, 1.82) is 0 Å². The minimum atomic E-state index is -1.61. The van der Waals surface area contributed by atoms with Gasteiger partial charge in [-0.2, -0.15) is 0 Å². The summed E-state index contributed by atoms with van der Waals surface area (Å²) in [5.41, 5.74) is 0. The minimum Gasteiger partial charge on any atom is -0.390 e. The molecule has 0 radical (unpaired) electrons. The topological polar surface area (TPSA) is 288 Å². The van der Waals surface area contributed by atoms with Crippen LogP contribution in [0, 0.1) is 41.4 Å². The number of amides is 11. The highest BCUT2D eigenvalue weighted by molar-refractivity contribution is 5.99. The van der Waals surface area contributed by atoms with Gasteiger partial charge in [0.05, 0.1) is 12.6 Å². The SMILES string of the molecule is C/C=C/C[C@@H](C)[C@@H](O)[C@H]1C(=O)N[C@H](CCC)C(=O)N(C)CC(=O)N(C)[C@@H](CC(C)C)C(=O)N[C@@H](C(C)C)C(=O)N[C@H](CC(C)C)C(=O)N[C@@H](C)C(=O)N[C@H](C)C(=O)N(C)[C@@H](CC(C)C)C(=O)N(C)[C@@H](CC(C)C)C(=O)N(C)[C@H](C(C)C)C(=O)N1C. The molecule has 11 amide bonds. The van der Waals surface area contributed by atoms with Crippen LogP contribution in [0.2, 0.25) is 0 Å². The first kappa shape index (κ1) is 76.9. The molecule has 1 saturated heterocycles. The van der Waals surface area contributed by atoms with E-state index in [9.17, 15) is 48.3 Å². The first-order valence-electron chi connectivity index (χ1n) is 30.7. The van der Waals surface area contributed by atoms with Crippen LogP contribution < -0.4 is 26.6 Å². The standard InChI is InChI=1S/C62H111N11O12/c1-24-26-28-40(15)52(75)51-57(80)65-43(27-25-2)59(82)68(18)33-48(74)69(19)45(30-35(5)6)55(78)67-49(38(11)12)56(79)66-44(29-34(3)4)54(77)63-41(16)53(76)64-42(17)58(81)70(20)46(31-36(7)8)60(83)71(21)47(32-37(9)10)61(84)72(22)50(39(13)14)62(85)73(51)23/h24,26,34-47,49-52,75H,25,27-33H2,1-23H3,(H,63,77)(H,64,76)(H,65,80)(H,66,79)(H,67,78)/b26-24+/t40-,41+,42-,43-,44-,45+,46+,47+,49+,50-,51+,52-/m1/s1. The summed E-state index contributed by atoms with van der Waals surface area (Å²) in [4.78, 5) is 167. The van der Waals surface area contributed by atoms with Crippen LogP contribution in [-0.4, -0.2) is 215 Å². The summed E-state index contributed by atoms with van der Waals surface area (Å²) in [7, 11) is 8.49. The van der Waals surface area contributed by atoms with Crippen molar-refractivity contribution in [2.45, 2.75) is 229 Å². The predicted molar refractivity (Wildman–Crippen MR) is 328 cm³/mol. The Kier molecular flexibility index (Phi) is 32.1. The Morgan fingerprint density at radius 1 is 0.471 bits per heavy atom. The van der Waals surface area contributed by atoms with Gasteiger partial charge in [-0.1, -0.05) is 116 Å². The van der Waals surface area contributed by atoms with E-state index in [-0.39, 0.29) is 55.8 Å². The van der Waals surface area contributed by atoms with Gasteiger partial charge in [-0.15, -0.1) is 0 Å². The normalized spacial score (nSPS) is 26.8. The highest BCUT2D eigenvalue weighted by Crippen LogP contribution is 2.25. The summed E-state index contributed by atoms with van der Waals surface area (Å²) < 4.78 is 0. The number of allylic oxidation sites excluding steroid dienone is 2. The maximum atomic E-state index is 15.2. The average Bonchev–Trinajstić information content (AvgIpc) is 3.50. The van der Waals surface area contributed by atoms with E-state index in [1.54, 1.807) is 54.5 Å². The van der Waals surface area contributed by atoms with Crippen LogP contribution in [-0.2, 0) is 52.7 Å². The third kappa shape index (κ3) is 22.6. The van der Waals surface area contributed by atoms with Crippen molar-refractivity contribution in [1.82, 2.24) is 56.0 Å². The van der Waals surface area contributed by atoms with Crippen molar-refractivity contribution < 1.29 is 57.8 Å². The van der Waals surface area contributed by atoms with E-state index < -0.39 is 156 Å². The Balaban J connectivity index is 4.31. The molecule has 0 unspecified atom stereocenters. The Bertz CT molecular complexity index is 2310. The number of nitrogens with zero attached hydrogens (tertiary/aromatic N) is 6. The molecule has 1 rings (SSSR count). The Morgan fingerprint density at radius 3 is 1.40 bits per heavy atom. The molecule has 0 aliphatic carbocycles. The summed E-state index contributed by atoms with van der Waals surface area (Å²) in [6.45, 7) is 29.4. The molecule has 23 nitrogen and oxygen atoms in total. The van der Waals surface area contributed by atoms with Gasteiger partial charge in [-0.3, -0.25) is 52.7 Å². The lowest BCUT2D eigenvalue weighted by Crippen LogP contribution is -2.63. The molecule has 1 aliphatic heterocycles. The van der Waals surface area contributed by atoms with E-state index >= 15 is 9.59 Å². The first-order valence-corrected chi connectivity index (χ1v) is 30.7. The summed E-state index contributed by atoms with van der Waals surface area (Å²) in [5.74, 6) is -9.83. The predicted octanol–water partition coefficient (Wildman–Crippen LogP) is 3.32. The zero-order chi connectivity index (χ0) is 65.8. The Labute approximate surface area is 508 Å². The Hall–Kier alpha value is -6.13. The molecular formula is C62H111N11O12. The number of aliphatic hydroxyl groups is 1. The van der Waals surface area contributed by atoms with Gasteiger partial charge in [0, 0.05) is 42.3 Å². The second-order valence-corrected chi connectivity index (χ2v) is 26.1. The molecule has 1 fully saturated rings. The quantitative estimate of drug-likeness (QED) is 0.121. The fourth-order valence-corrected chi connectivity index (χ4v) is 10.6. The van der Waals surface area contributed by atoms with E-state index in [0.29, 0.717) is 12.8 Å². The number of nitrogens with one attached hydrogen (secondary N) is 5. The van der Waals surface area contributed by atoms with Crippen LogP contribution in [0.5, 0.6) is 0 Å². The van der Waals surface area contributed by atoms with Crippen molar-refractivity contribution in [2.75, 3.05) is 48.8 Å². The number of hydrogen-bond donors (Lipinski definition) is 6. The van der Waals surface area contributed by atoms with Crippen LogP contribution in [0.25, 0.3) is 0 Å². The molecule has 0 saturated carbocycles.